The number of aromatic nitrogens is 6. The van der Waals surface area contributed by atoms with Gasteiger partial charge in [0, 0.05) is 24.8 Å². The Labute approximate surface area is 192 Å². The summed E-state index contributed by atoms with van der Waals surface area (Å²) in [5.74, 6) is -1.24. The average molecular weight is 529 g/mol. The summed E-state index contributed by atoms with van der Waals surface area (Å²) in [5, 5.41) is 27.8. The molecule has 0 aliphatic carbocycles. The van der Waals surface area contributed by atoms with Gasteiger partial charge in [-0.15, -0.1) is 16.9 Å². The lowest BCUT2D eigenvalue weighted by atomic mass is 10.0. The fraction of sp³-hybridized carbons (Fsp3) is 0.438. The van der Waals surface area contributed by atoms with Crippen molar-refractivity contribution in [1.82, 2.24) is 40.2 Å². The Morgan fingerprint density at radius 2 is 2.26 bits per heavy atom. The van der Waals surface area contributed by atoms with Crippen LogP contribution in [-0.2, 0) is 21.4 Å². The summed E-state index contributed by atoms with van der Waals surface area (Å²) in [6.07, 6.45) is 3.23. The van der Waals surface area contributed by atoms with Gasteiger partial charge in [0.2, 0.25) is 11.1 Å². The van der Waals surface area contributed by atoms with Crippen molar-refractivity contribution in [3.05, 3.63) is 28.1 Å². The van der Waals surface area contributed by atoms with Crippen molar-refractivity contribution in [3.63, 3.8) is 0 Å². The Morgan fingerprint density at radius 3 is 2.87 bits per heavy atom. The Bertz CT molecular complexity index is 1090. The third-order valence-corrected chi connectivity index (χ3v) is 7.70. The number of amides is 2. The number of carbonyl (C=O) groups excluding carboxylic acids is 2. The van der Waals surface area contributed by atoms with Crippen LogP contribution in [0.2, 0.25) is 0 Å². The third kappa shape index (κ3) is 4.08. The number of β-lactam (4-membered cyclic amide) rings is 1. The molecule has 0 saturated carbocycles. The number of hydrogen-bond acceptors (Lipinski definition) is 9. The zero-order valence-electron chi connectivity index (χ0n) is 16.3. The number of nitrogens with zero attached hydrogens (tertiary/aromatic N) is 7. The molecule has 1 saturated heterocycles. The minimum Gasteiger partial charge on any atom is -0.477 e. The Balaban J connectivity index is 1.46. The summed E-state index contributed by atoms with van der Waals surface area (Å²) < 4.78 is 3.71. The summed E-state index contributed by atoms with van der Waals surface area (Å²) in [6, 6.07) is -1.41. The van der Waals surface area contributed by atoms with Crippen LogP contribution in [0.3, 0.4) is 0 Å². The van der Waals surface area contributed by atoms with Gasteiger partial charge in [0.15, 0.2) is 0 Å². The molecule has 2 N–H and O–H groups in total. The van der Waals surface area contributed by atoms with E-state index in [1.54, 1.807) is 26.4 Å². The highest BCUT2D eigenvalue weighted by Gasteiger charge is 2.54. The van der Waals surface area contributed by atoms with E-state index in [2.05, 4.69) is 41.9 Å². The number of fused-ring (bicyclic) bond motifs is 1. The fourth-order valence-corrected chi connectivity index (χ4v) is 5.85. The molecule has 4 rings (SSSR count). The van der Waals surface area contributed by atoms with Crippen LogP contribution in [0.4, 0.5) is 0 Å². The molecule has 2 aromatic rings. The number of thioether (sulfide) groups is 2. The van der Waals surface area contributed by atoms with E-state index in [-0.39, 0.29) is 11.6 Å². The minimum absolute atomic E-state index is 0.0362. The van der Waals surface area contributed by atoms with Crippen molar-refractivity contribution >= 4 is 57.2 Å². The Morgan fingerprint density at radius 1 is 1.48 bits per heavy atom. The van der Waals surface area contributed by atoms with E-state index in [4.69, 9.17) is 0 Å². The predicted molar refractivity (Wildman–Crippen MR) is 114 cm³/mol. The van der Waals surface area contributed by atoms with Gasteiger partial charge in [-0.2, -0.15) is 5.10 Å². The van der Waals surface area contributed by atoms with Crippen LogP contribution in [0.1, 0.15) is 13.0 Å². The number of tetrazole rings is 1. The number of rotatable bonds is 7. The van der Waals surface area contributed by atoms with Gasteiger partial charge in [-0.3, -0.25) is 19.2 Å². The summed E-state index contributed by atoms with van der Waals surface area (Å²) >= 11 is 5.99. The van der Waals surface area contributed by atoms with Crippen LogP contribution in [0.15, 0.2) is 33.3 Å². The molecule has 0 bridgehead atoms. The predicted octanol–water partition coefficient (Wildman–Crippen LogP) is 0.261. The molecule has 2 aliphatic rings. The first-order valence-electron chi connectivity index (χ1n) is 9.03. The van der Waals surface area contributed by atoms with Crippen LogP contribution in [0, 0.1) is 0 Å². The van der Waals surface area contributed by atoms with Gasteiger partial charge in [0.1, 0.15) is 23.2 Å². The van der Waals surface area contributed by atoms with Gasteiger partial charge in [-0.25, -0.2) is 9.48 Å². The van der Waals surface area contributed by atoms with Crippen molar-refractivity contribution < 1.29 is 19.5 Å². The zero-order chi connectivity index (χ0) is 22.3. The van der Waals surface area contributed by atoms with Crippen molar-refractivity contribution in [2.45, 2.75) is 29.5 Å². The summed E-state index contributed by atoms with van der Waals surface area (Å²) in [6.45, 7) is 1.67. The Hall–Kier alpha value is -2.39. The maximum absolute atomic E-state index is 12.8. The second kappa shape index (κ2) is 8.63. The molecular formula is C16H17BrN8O4S2. The van der Waals surface area contributed by atoms with Crippen molar-refractivity contribution in [2.75, 3.05) is 11.5 Å². The maximum atomic E-state index is 12.8. The van der Waals surface area contributed by atoms with Gasteiger partial charge in [0.25, 0.3) is 5.91 Å². The lowest BCUT2D eigenvalue weighted by Crippen LogP contribution is -2.71. The lowest BCUT2D eigenvalue weighted by molar-refractivity contribution is -0.151. The number of aryl methyl sites for hydroxylation is 1. The number of carboxylic acid groups (broad SMARTS) is 1. The van der Waals surface area contributed by atoms with Crippen LogP contribution in [0.5, 0.6) is 0 Å². The number of carbonyl (C=O) groups is 3. The van der Waals surface area contributed by atoms with Crippen LogP contribution in [-0.4, -0.2) is 80.7 Å². The van der Waals surface area contributed by atoms with Gasteiger partial charge < -0.3 is 10.4 Å². The minimum atomic E-state index is -1.18. The average Bonchev–Trinajstić information content (AvgIpc) is 3.36. The van der Waals surface area contributed by atoms with Crippen LogP contribution < -0.4 is 5.32 Å². The number of halogens is 1. The zero-order valence-corrected chi connectivity index (χ0v) is 19.5. The Kier molecular flexibility index (Phi) is 6.07. The number of carboxylic acids is 1. The monoisotopic (exact) mass is 528 g/mol. The molecule has 2 aliphatic heterocycles. The smallest absolute Gasteiger partial charge is 0.352 e. The molecule has 164 valence electrons. The summed E-state index contributed by atoms with van der Waals surface area (Å²) in [5.41, 5.74) is 0.570. The number of hydrogen-bond donors (Lipinski definition) is 2. The van der Waals surface area contributed by atoms with E-state index < -0.39 is 29.3 Å². The topological polar surface area (TPSA) is 148 Å². The van der Waals surface area contributed by atoms with Gasteiger partial charge >= 0.3 is 5.97 Å². The van der Waals surface area contributed by atoms with E-state index in [0.717, 1.165) is 4.47 Å². The number of nitrogens with one attached hydrogen (secondary N) is 1. The molecule has 4 heterocycles. The van der Waals surface area contributed by atoms with Gasteiger partial charge in [-0.1, -0.05) is 11.8 Å². The molecular weight excluding hydrogens is 512 g/mol. The quantitative estimate of drug-likeness (QED) is 0.378. The highest BCUT2D eigenvalue weighted by atomic mass is 79.9. The largest absolute Gasteiger partial charge is 0.477 e. The first kappa shape index (κ1) is 21.8. The third-order valence-electron chi connectivity index (χ3n) is 4.85. The summed E-state index contributed by atoms with van der Waals surface area (Å²) in [7, 11) is 1.69. The van der Waals surface area contributed by atoms with Crippen LogP contribution >= 0.6 is 39.5 Å². The van der Waals surface area contributed by atoms with E-state index in [9.17, 15) is 19.5 Å². The molecule has 15 heteroatoms. The van der Waals surface area contributed by atoms with E-state index >= 15 is 0 Å². The SMILES string of the molecule is C[C@H](C(=O)N[C@H]1C(=O)N2C(C(=O)O)=C(CSc3nnnn3C)CS[C@@H]12)n1cc(Br)cn1. The highest BCUT2D eigenvalue weighted by Crippen LogP contribution is 2.41. The van der Waals surface area contributed by atoms with Gasteiger partial charge in [0.05, 0.1) is 10.7 Å². The molecule has 1 fully saturated rings. The number of aliphatic carboxylic acids is 1. The first-order chi connectivity index (χ1) is 14.8. The molecule has 0 spiro atoms. The van der Waals surface area contributed by atoms with Crippen LogP contribution in [0.25, 0.3) is 0 Å². The molecule has 0 unspecified atom stereocenters. The highest BCUT2D eigenvalue weighted by molar-refractivity contribution is 9.10. The second-order valence-electron chi connectivity index (χ2n) is 6.84. The molecule has 3 atom stereocenters. The molecule has 31 heavy (non-hydrogen) atoms. The van der Waals surface area contributed by atoms with E-state index in [0.29, 0.717) is 22.2 Å². The second-order valence-corrected chi connectivity index (χ2v) is 9.80. The summed E-state index contributed by atoms with van der Waals surface area (Å²) in [4.78, 5) is 38.6. The van der Waals surface area contributed by atoms with Gasteiger partial charge in [-0.05, 0) is 38.9 Å². The normalized spacial score (nSPS) is 21.5. The van der Waals surface area contributed by atoms with Crippen molar-refractivity contribution in [2.24, 2.45) is 7.05 Å². The van der Waals surface area contributed by atoms with E-state index in [1.165, 1.54) is 37.8 Å². The van der Waals surface area contributed by atoms with Crippen molar-refractivity contribution in [1.29, 1.82) is 0 Å². The molecule has 0 radical (unpaired) electrons. The molecule has 12 nitrogen and oxygen atoms in total. The molecule has 0 aromatic carbocycles. The lowest BCUT2D eigenvalue weighted by Gasteiger charge is -2.49. The van der Waals surface area contributed by atoms with E-state index in [1.807, 2.05) is 0 Å². The first-order valence-corrected chi connectivity index (χ1v) is 11.9. The standard InChI is InChI=1S/C16H17BrN8O4S2/c1-7(24-4-9(17)3-18-24)12(26)19-10-13(27)25-11(15(28)29)8(5-30-14(10)25)6-31-16-20-21-22-23(16)2/h3-4,7,10,14H,5-6H2,1-2H3,(H,19,26)(H,28,29)/t7-,10+,14+/m1/s1. The van der Waals surface area contributed by atoms with Crippen molar-refractivity contribution in [3.8, 4) is 0 Å². The molecule has 2 amide bonds. The molecule has 2 aromatic heterocycles. The fourth-order valence-electron chi connectivity index (χ4n) is 3.21. The maximum Gasteiger partial charge on any atom is 0.352 e.